The highest BCUT2D eigenvalue weighted by Crippen LogP contribution is 2.33. The zero-order valence-corrected chi connectivity index (χ0v) is 15.5. The molecule has 0 atom stereocenters. The number of piperazine rings is 1. The van der Waals surface area contributed by atoms with Crippen LogP contribution >= 0.6 is 0 Å². The predicted molar refractivity (Wildman–Crippen MR) is 99.9 cm³/mol. The lowest BCUT2D eigenvalue weighted by Crippen LogP contribution is -2.49. The number of benzene rings is 2. The second-order valence-corrected chi connectivity index (χ2v) is 6.96. The van der Waals surface area contributed by atoms with Crippen molar-refractivity contribution in [1.82, 2.24) is 9.80 Å². The van der Waals surface area contributed by atoms with Gasteiger partial charge >= 0.3 is 12.2 Å². The van der Waals surface area contributed by atoms with Crippen molar-refractivity contribution in [3.63, 3.8) is 0 Å². The highest BCUT2D eigenvalue weighted by Gasteiger charge is 2.30. The average Bonchev–Trinajstić information content (AvgIpc) is 3.16. The van der Waals surface area contributed by atoms with Crippen molar-refractivity contribution in [3.05, 3.63) is 53.6 Å². The second-order valence-electron chi connectivity index (χ2n) is 6.96. The second kappa shape index (κ2) is 7.82. The fourth-order valence-electron chi connectivity index (χ4n) is 3.38. The number of alkyl halides is 3. The summed E-state index contributed by atoms with van der Waals surface area (Å²) in [4.78, 5) is 16.2. The third-order valence-electron chi connectivity index (χ3n) is 4.94. The van der Waals surface area contributed by atoms with Crippen LogP contribution in [0, 0.1) is 0 Å². The monoisotopic (exact) mass is 407 g/mol. The average molecular weight is 407 g/mol. The van der Waals surface area contributed by atoms with E-state index in [0.717, 1.165) is 35.7 Å². The standard InChI is InChI=1S/C20H20F3N3O3/c21-20(22,23)15-2-1-3-16(11-15)24-19(27)26-8-6-25(7-9-26)12-14-4-5-17-18(10-14)29-13-28-17/h1-5,10-11H,6-9,12-13H2,(H,24,27). The van der Waals surface area contributed by atoms with E-state index in [1.807, 2.05) is 18.2 Å². The molecule has 0 radical (unpaired) electrons. The number of carbonyl (C=O) groups is 1. The van der Waals surface area contributed by atoms with Crippen LogP contribution in [0.15, 0.2) is 42.5 Å². The summed E-state index contributed by atoms with van der Waals surface area (Å²) in [6, 6.07) is 10.1. The molecule has 9 heteroatoms. The fraction of sp³-hybridized carbons (Fsp3) is 0.350. The van der Waals surface area contributed by atoms with Crippen molar-refractivity contribution in [2.24, 2.45) is 0 Å². The summed E-state index contributed by atoms with van der Waals surface area (Å²) in [6.07, 6.45) is -4.44. The molecule has 2 aromatic carbocycles. The van der Waals surface area contributed by atoms with Gasteiger partial charge in [0.15, 0.2) is 11.5 Å². The maximum Gasteiger partial charge on any atom is 0.416 e. The van der Waals surface area contributed by atoms with E-state index in [2.05, 4.69) is 10.2 Å². The first-order valence-corrected chi connectivity index (χ1v) is 9.22. The Labute approximate surface area is 165 Å². The molecule has 0 bridgehead atoms. The Kier molecular flexibility index (Phi) is 5.23. The minimum absolute atomic E-state index is 0.132. The lowest BCUT2D eigenvalue weighted by Gasteiger charge is -2.34. The van der Waals surface area contributed by atoms with Crippen LogP contribution in [0.1, 0.15) is 11.1 Å². The van der Waals surface area contributed by atoms with Crippen molar-refractivity contribution >= 4 is 11.7 Å². The van der Waals surface area contributed by atoms with Gasteiger partial charge in [-0.25, -0.2) is 4.79 Å². The molecule has 6 nitrogen and oxygen atoms in total. The molecule has 0 spiro atoms. The molecule has 0 unspecified atom stereocenters. The van der Waals surface area contributed by atoms with Gasteiger partial charge in [-0.05, 0) is 35.9 Å². The molecular weight excluding hydrogens is 387 g/mol. The predicted octanol–water partition coefficient (Wildman–Crippen LogP) is 3.78. The molecule has 2 heterocycles. The van der Waals surface area contributed by atoms with Crippen LogP contribution in [-0.2, 0) is 12.7 Å². The van der Waals surface area contributed by atoms with E-state index in [-0.39, 0.29) is 12.5 Å². The normalized spacial score (nSPS) is 16.7. The number of nitrogens with zero attached hydrogens (tertiary/aromatic N) is 2. The van der Waals surface area contributed by atoms with Gasteiger partial charge in [-0.2, -0.15) is 13.2 Å². The lowest BCUT2D eigenvalue weighted by molar-refractivity contribution is -0.137. The number of halogens is 3. The van der Waals surface area contributed by atoms with Crippen LogP contribution in [0.5, 0.6) is 11.5 Å². The van der Waals surface area contributed by atoms with Gasteiger partial charge in [-0.15, -0.1) is 0 Å². The third kappa shape index (κ3) is 4.56. The summed E-state index contributed by atoms with van der Waals surface area (Å²) in [6.45, 7) is 3.29. The summed E-state index contributed by atoms with van der Waals surface area (Å²) in [5.74, 6) is 1.48. The van der Waals surface area contributed by atoms with Gasteiger partial charge in [0.2, 0.25) is 6.79 Å². The number of nitrogens with one attached hydrogen (secondary N) is 1. The third-order valence-corrected chi connectivity index (χ3v) is 4.94. The highest BCUT2D eigenvalue weighted by atomic mass is 19.4. The number of urea groups is 1. The number of rotatable bonds is 3. The maximum atomic E-state index is 12.8. The Hall–Kier alpha value is -2.94. The van der Waals surface area contributed by atoms with Crippen LogP contribution in [0.25, 0.3) is 0 Å². The molecule has 2 amide bonds. The number of anilines is 1. The first-order chi connectivity index (χ1) is 13.9. The first-order valence-electron chi connectivity index (χ1n) is 9.22. The number of ether oxygens (including phenoxy) is 2. The maximum absolute atomic E-state index is 12.8. The van der Waals surface area contributed by atoms with E-state index < -0.39 is 17.8 Å². The molecular formula is C20H20F3N3O3. The Morgan fingerprint density at radius 1 is 1.00 bits per heavy atom. The number of carbonyl (C=O) groups excluding carboxylic acids is 1. The van der Waals surface area contributed by atoms with Gasteiger partial charge < -0.3 is 19.7 Å². The molecule has 0 saturated carbocycles. The molecule has 0 aromatic heterocycles. The van der Waals surface area contributed by atoms with E-state index in [0.29, 0.717) is 26.2 Å². The van der Waals surface area contributed by atoms with Crippen LogP contribution < -0.4 is 14.8 Å². The van der Waals surface area contributed by atoms with Gasteiger partial charge in [0, 0.05) is 38.4 Å². The number of amides is 2. The number of hydrogen-bond donors (Lipinski definition) is 1. The lowest BCUT2D eigenvalue weighted by atomic mass is 10.1. The van der Waals surface area contributed by atoms with Gasteiger partial charge in [0.1, 0.15) is 0 Å². The molecule has 2 aliphatic rings. The smallest absolute Gasteiger partial charge is 0.416 e. The van der Waals surface area contributed by atoms with Crippen LogP contribution in [0.3, 0.4) is 0 Å². The zero-order valence-electron chi connectivity index (χ0n) is 15.5. The molecule has 1 fully saturated rings. The topological polar surface area (TPSA) is 54.0 Å². The Balaban J connectivity index is 1.30. The van der Waals surface area contributed by atoms with Crippen molar-refractivity contribution < 1.29 is 27.4 Å². The fourth-order valence-corrected chi connectivity index (χ4v) is 3.38. The quantitative estimate of drug-likeness (QED) is 0.842. The number of fused-ring (bicyclic) bond motifs is 1. The van der Waals surface area contributed by atoms with E-state index >= 15 is 0 Å². The van der Waals surface area contributed by atoms with Crippen LogP contribution in [-0.4, -0.2) is 48.8 Å². The summed E-state index contributed by atoms with van der Waals surface area (Å²) < 4.78 is 49.1. The molecule has 4 rings (SSSR count). The van der Waals surface area contributed by atoms with E-state index in [9.17, 15) is 18.0 Å². The Morgan fingerprint density at radius 2 is 1.76 bits per heavy atom. The van der Waals surface area contributed by atoms with Gasteiger partial charge in [-0.3, -0.25) is 4.90 Å². The summed E-state index contributed by atoms with van der Waals surface area (Å²) >= 11 is 0. The summed E-state index contributed by atoms with van der Waals surface area (Å²) in [5.41, 5.74) is 0.438. The van der Waals surface area contributed by atoms with Gasteiger partial charge in [0.25, 0.3) is 0 Å². The summed E-state index contributed by atoms with van der Waals surface area (Å²) in [7, 11) is 0. The van der Waals surface area contributed by atoms with Crippen molar-refractivity contribution in [2.45, 2.75) is 12.7 Å². The minimum atomic E-state index is -4.44. The molecule has 2 aliphatic heterocycles. The SMILES string of the molecule is O=C(Nc1cccc(C(F)(F)F)c1)N1CCN(Cc2ccc3c(c2)OCO3)CC1. The molecule has 2 aromatic rings. The van der Waals surface area contributed by atoms with Crippen molar-refractivity contribution in [1.29, 1.82) is 0 Å². The van der Waals surface area contributed by atoms with Crippen LogP contribution in [0.2, 0.25) is 0 Å². The van der Waals surface area contributed by atoms with E-state index in [4.69, 9.17) is 9.47 Å². The van der Waals surface area contributed by atoms with Gasteiger partial charge in [-0.1, -0.05) is 12.1 Å². The van der Waals surface area contributed by atoms with Gasteiger partial charge in [0.05, 0.1) is 5.56 Å². The highest BCUT2D eigenvalue weighted by molar-refractivity contribution is 5.89. The summed E-state index contributed by atoms with van der Waals surface area (Å²) in [5, 5.41) is 2.55. The first kappa shape index (κ1) is 19.4. The molecule has 0 aliphatic carbocycles. The Bertz CT molecular complexity index is 896. The minimum Gasteiger partial charge on any atom is -0.454 e. The van der Waals surface area contributed by atoms with E-state index in [1.54, 1.807) is 4.90 Å². The van der Waals surface area contributed by atoms with Crippen molar-refractivity contribution in [2.75, 3.05) is 38.3 Å². The number of hydrogen-bond acceptors (Lipinski definition) is 4. The Morgan fingerprint density at radius 3 is 2.52 bits per heavy atom. The van der Waals surface area contributed by atoms with Crippen LogP contribution in [0.4, 0.5) is 23.7 Å². The molecule has 154 valence electrons. The molecule has 29 heavy (non-hydrogen) atoms. The zero-order chi connectivity index (χ0) is 20.4. The van der Waals surface area contributed by atoms with Crippen molar-refractivity contribution in [3.8, 4) is 11.5 Å². The largest absolute Gasteiger partial charge is 0.454 e. The van der Waals surface area contributed by atoms with E-state index in [1.165, 1.54) is 12.1 Å². The molecule has 1 N–H and O–H groups in total. The molecule has 1 saturated heterocycles.